The summed E-state index contributed by atoms with van der Waals surface area (Å²) in [5.74, 6) is 0. The van der Waals surface area contributed by atoms with Gasteiger partial charge in [0.05, 0.1) is 25.0 Å². The van der Waals surface area contributed by atoms with E-state index >= 15 is 0 Å². The van der Waals surface area contributed by atoms with Crippen molar-refractivity contribution in [3.05, 3.63) is 37.1 Å². The van der Waals surface area contributed by atoms with Gasteiger partial charge in [0.25, 0.3) is 5.56 Å². The quantitative estimate of drug-likeness (QED) is 0.840. The van der Waals surface area contributed by atoms with Crippen LogP contribution in [0.1, 0.15) is 9.88 Å². The molecule has 0 aromatic carbocycles. The average Bonchev–Trinajstić information content (AvgIpc) is 2.85. The van der Waals surface area contributed by atoms with Crippen LogP contribution in [-0.2, 0) is 13.1 Å². The molecule has 0 aliphatic rings. The summed E-state index contributed by atoms with van der Waals surface area (Å²) in [4.78, 5) is 19.7. The molecule has 2 aromatic rings. The molecule has 1 N–H and O–H groups in total. The minimum atomic E-state index is -0.128. The molecule has 0 saturated heterocycles. The Morgan fingerprint density at radius 2 is 2.19 bits per heavy atom. The maximum Gasteiger partial charge on any atom is 0.283 e. The van der Waals surface area contributed by atoms with E-state index in [1.54, 1.807) is 17.5 Å². The summed E-state index contributed by atoms with van der Waals surface area (Å²) in [7, 11) is 3.93. The minimum Gasteiger partial charge on any atom is -0.376 e. The molecule has 0 radical (unpaired) electrons. The van der Waals surface area contributed by atoms with Crippen LogP contribution in [0.5, 0.6) is 0 Å². The zero-order chi connectivity index (χ0) is 15.4. The highest BCUT2D eigenvalue weighted by Gasteiger charge is 2.09. The molecule has 8 heteroatoms. The van der Waals surface area contributed by atoms with Gasteiger partial charge in [-0.2, -0.15) is 5.10 Å². The molecule has 114 valence electrons. The highest BCUT2D eigenvalue weighted by atomic mass is 79.9. The van der Waals surface area contributed by atoms with Gasteiger partial charge in [-0.1, -0.05) is 0 Å². The van der Waals surface area contributed by atoms with Crippen molar-refractivity contribution in [1.82, 2.24) is 19.7 Å². The molecule has 0 amide bonds. The molecule has 2 rings (SSSR count). The number of rotatable bonds is 6. The number of thiazole rings is 1. The van der Waals surface area contributed by atoms with E-state index < -0.39 is 0 Å². The van der Waals surface area contributed by atoms with Gasteiger partial charge in [0.2, 0.25) is 0 Å². The Balaban J connectivity index is 2.07. The Kier molecular flexibility index (Phi) is 5.49. The summed E-state index contributed by atoms with van der Waals surface area (Å²) in [6.45, 7) is 3.94. The molecular formula is C13H18BrN5OS. The van der Waals surface area contributed by atoms with Crippen molar-refractivity contribution in [2.24, 2.45) is 0 Å². The highest BCUT2D eigenvalue weighted by molar-refractivity contribution is 9.10. The molecular weight excluding hydrogens is 354 g/mol. The number of nitrogens with zero attached hydrogens (tertiary/aromatic N) is 4. The number of hydrogen-bond donors (Lipinski definition) is 1. The average molecular weight is 372 g/mol. The first kappa shape index (κ1) is 16.1. The van der Waals surface area contributed by atoms with Gasteiger partial charge in [0.15, 0.2) is 0 Å². The Morgan fingerprint density at radius 3 is 2.81 bits per heavy atom. The maximum absolute atomic E-state index is 12.2. The topological polar surface area (TPSA) is 63.1 Å². The molecule has 0 bridgehead atoms. The van der Waals surface area contributed by atoms with E-state index in [0.29, 0.717) is 23.2 Å². The van der Waals surface area contributed by atoms with Crippen LogP contribution >= 0.6 is 27.3 Å². The van der Waals surface area contributed by atoms with E-state index in [9.17, 15) is 4.79 Å². The number of halogens is 1. The van der Waals surface area contributed by atoms with Gasteiger partial charge in [0, 0.05) is 17.6 Å². The van der Waals surface area contributed by atoms with Crippen LogP contribution in [-0.4, -0.2) is 40.3 Å². The van der Waals surface area contributed by atoms with Gasteiger partial charge < -0.3 is 10.2 Å². The van der Waals surface area contributed by atoms with Gasteiger partial charge in [-0.3, -0.25) is 4.79 Å². The molecule has 0 unspecified atom stereocenters. The van der Waals surface area contributed by atoms with Gasteiger partial charge in [0.1, 0.15) is 9.48 Å². The van der Waals surface area contributed by atoms with Crippen molar-refractivity contribution in [2.45, 2.75) is 20.0 Å². The molecule has 0 aliphatic heterocycles. The van der Waals surface area contributed by atoms with Gasteiger partial charge in [-0.15, -0.1) is 11.3 Å². The standard InChI is InChI=1S/C13H18BrN5OS/c1-9-6-16-11(21-9)8-15-10-7-17-19(5-4-18(2)3)13(20)12(10)14/h6-7,15H,4-5,8H2,1-3H3. The first-order chi connectivity index (χ1) is 9.97. The SMILES string of the molecule is Cc1cnc(CNc2cnn(CCN(C)C)c(=O)c2Br)s1. The summed E-state index contributed by atoms with van der Waals surface area (Å²) in [6, 6.07) is 0. The van der Waals surface area contributed by atoms with E-state index in [1.807, 2.05) is 32.1 Å². The van der Waals surface area contributed by atoms with E-state index in [0.717, 1.165) is 11.6 Å². The monoisotopic (exact) mass is 371 g/mol. The smallest absolute Gasteiger partial charge is 0.283 e. The predicted molar refractivity (Wildman–Crippen MR) is 88.9 cm³/mol. The minimum absolute atomic E-state index is 0.128. The zero-order valence-corrected chi connectivity index (χ0v) is 14.7. The fourth-order valence-electron chi connectivity index (χ4n) is 1.70. The molecule has 21 heavy (non-hydrogen) atoms. The molecule has 2 heterocycles. The summed E-state index contributed by atoms with van der Waals surface area (Å²) in [5.41, 5.74) is 0.561. The third-order valence-electron chi connectivity index (χ3n) is 2.84. The van der Waals surface area contributed by atoms with Crippen LogP contribution in [0.15, 0.2) is 21.7 Å². The van der Waals surface area contributed by atoms with E-state index in [1.165, 1.54) is 9.56 Å². The lowest BCUT2D eigenvalue weighted by molar-refractivity contribution is 0.367. The third kappa shape index (κ3) is 4.36. The zero-order valence-electron chi connectivity index (χ0n) is 12.3. The molecule has 2 aromatic heterocycles. The number of anilines is 1. The Hall–Kier alpha value is -1.25. The molecule has 0 atom stereocenters. The first-order valence-electron chi connectivity index (χ1n) is 6.53. The van der Waals surface area contributed by atoms with Crippen LogP contribution < -0.4 is 10.9 Å². The number of likely N-dealkylation sites (N-methyl/N-ethyl adjacent to an activating group) is 1. The number of nitrogens with one attached hydrogen (secondary N) is 1. The maximum atomic E-state index is 12.2. The van der Waals surface area contributed by atoms with Crippen molar-refractivity contribution < 1.29 is 0 Å². The summed E-state index contributed by atoms with van der Waals surface area (Å²) in [6.07, 6.45) is 3.51. The van der Waals surface area contributed by atoms with Gasteiger partial charge in [-0.05, 0) is 36.9 Å². The molecule has 0 spiro atoms. The summed E-state index contributed by atoms with van der Waals surface area (Å²) in [5, 5.41) is 8.37. The van der Waals surface area contributed by atoms with Crippen molar-refractivity contribution in [3.63, 3.8) is 0 Å². The fraction of sp³-hybridized carbons (Fsp3) is 0.462. The Bertz CT molecular complexity index is 667. The molecule has 6 nitrogen and oxygen atoms in total. The van der Waals surface area contributed by atoms with Crippen LogP contribution in [0.3, 0.4) is 0 Å². The van der Waals surface area contributed by atoms with Crippen molar-refractivity contribution in [1.29, 1.82) is 0 Å². The highest BCUT2D eigenvalue weighted by Crippen LogP contribution is 2.18. The predicted octanol–water partition coefficient (Wildman–Crippen LogP) is 1.94. The molecule has 0 saturated carbocycles. The summed E-state index contributed by atoms with van der Waals surface area (Å²) < 4.78 is 1.97. The fourth-order valence-corrected chi connectivity index (χ4v) is 2.87. The molecule has 0 fully saturated rings. The normalized spacial score (nSPS) is 11.1. The summed E-state index contributed by atoms with van der Waals surface area (Å²) >= 11 is 4.98. The van der Waals surface area contributed by atoms with E-state index in [4.69, 9.17) is 0 Å². The van der Waals surface area contributed by atoms with E-state index in [-0.39, 0.29) is 5.56 Å². The Labute approximate surface area is 135 Å². The van der Waals surface area contributed by atoms with E-state index in [2.05, 4.69) is 31.3 Å². The number of aromatic nitrogens is 3. The Morgan fingerprint density at radius 1 is 1.43 bits per heavy atom. The largest absolute Gasteiger partial charge is 0.376 e. The molecule has 0 aliphatic carbocycles. The number of hydrogen-bond acceptors (Lipinski definition) is 6. The van der Waals surface area contributed by atoms with Gasteiger partial charge in [-0.25, -0.2) is 9.67 Å². The van der Waals surface area contributed by atoms with Crippen molar-refractivity contribution >= 4 is 33.0 Å². The second-order valence-electron chi connectivity index (χ2n) is 4.92. The van der Waals surface area contributed by atoms with Crippen LogP contribution in [0, 0.1) is 6.92 Å². The van der Waals surface area contributed by atoms with Crippen LogP contribution in [0.25, 0.3) is 0 Å². The second-order valence-corrected chi connectivity index (χ2v) is 7.03. The van der Waals surface area contributed by atoms with Gasteiger partial charge >= 0.3 is 0 Å². The number of aryl methyl sites for hydroxylation is 1. The first-order valence-corrected chi connectivity index (χ1v) is 8.14. The van der Waals surface area contributed by atoms with Crippen LogP contribution in [0.2, 0.25) is 0 Å². The van der Waals surface area contributed by atoms with Crippen LogP contribution in [0.4, 0.5) is 5.69 Å². The van der Waals surface area contributed by atoms with Crippen molar-refractivity contribution in [3.8, 4) is 0 Å². The lowest BCUT2D eigenvalue weighted by Gasteiger charge is -2.12. The lowest BCUT2D eigenvalue weighted by Crippen LogP contribution is -2.29. The third-order valence-corrected chi connectivity index (χ3v) is 4.52. The lowest BCUT2D eigenvalue weighted by atomic mass is 10.4. The second kappa shape index (κ2) is 7.15. The van der Waals surface area contributed by atoms with Crippen molar-refractivity contribution in [2.75, 3.05) is 26.0 Å².